The lowest BCUT2D eigenvalue weighted by atomic mass is 10.0. The molecule has 3 aromatic rings. The van der Waals surface area contributed by atoms with E-state index in [9.17, 15) is 0 Å². The molecular formula is C19H19ClN4. The number of hydrogen-bond donors (Lipinski definition) is 1. The van der Waals surface area contributed by atoms with Crippen molar-refractivity contribution in [1.29, 1.82) is 0 Å². The van der Waals surface area contributed by atoms with Gasteiger partial charge in [0.25, 0.3) is 0 Å². The number of fused-ring (bicyclic) bond motifs is 1. The molecule has 4 nitrogen and oxygen atoms in total. The molecule has 1 aromatic carbocycles. The monoisotopic (exact) mass is 338 g/mol. The second kappa shape index (κ2) is 5.49. The highest BCUT2D eigenvalue weighted by Crippen LogP contribution is 2.46. The maximum atomic E-state index is 6.06. The fourth-order valence-corrected chi connectivity index (χ4v) is 4.07. The highest BCUT2D eigenvalue weighted by molar-refractivity contribution is 6.30. The molecule has 0 bridgehead atoms. The molecule has 2 aliphatic rings. The molecule has 5 heteroatoms. The van der Waals surface area contributed by atoms with Crippen molar-refractivity contribution in [3.05, 3.63) is 52.8 Å². The summed E-state index contributed by atoms with van der Waals surface area (Å²) in [6.45, 7) is 1.07. The van der Waals surface area contributed by atoms with Crippen LogP contribution in [0.25, 0.3) is 11.0 Å². The van der Waals surface area contributed by atoms with Crippen molar-refractivity contribution in [2.24, 2.45) is 0 Å². The first kappa shape index (κ1) is 14.3. The van der Waals surface area contributed by atoms with Crippen LogP contribution in [0.1, 0.15) is 48.9 Å². The van der Waals surface area contributed by atoms with Gasteiger partial charge in [-0.2, -0.15) is 5.10 Å². The van der Waals surface area contributed by atoms with E-state index in [2.05, 4.69) is 38.3 Å². The minimum absolute atomic E-state index is 0.398. The van der Waals surface area contributed by atoms with Gasteiger partial charge in [0.1, 0.15) is 0 Å². The third kappa shape index (κ3) is 2.28. The maximum absolute atomic E-state index is 6.06. The zero-order chi connectivity index (χ0) is 16.1. The summed E-state index contributed by atoms with van der Waals surface area (Å²) < 4.78 is 0. The number of nitrogens with zero attached hydrogens (tertiary/aromatic N) is 3. The first-order valence-corrected chi connectivity index (χ1v) is 9.04. The van der Waals surface area contributed by atoms with Crippen molar-refractivity contribution >= 4 is 28.3 Å². The van der Waals surface area contributed by atoms with Crippen molar-refractivity contribution < 1.29 is 0 Å². The number of pyridine rings is 1. The predicted octanol–water partition coefficient (Wildman–Crippen LogP) is 4.83. The highest BCUT2D eigenvalue weighted by atomic mass is 35.5. The number of benzene rings is 1. The molecule has 1 unspecified atom stereocenters. The van der Waals surface area contributed by atoms with E-state index < -0.39 is 0 Å². The molecule has 2 aromatic heterocycles. The Morgan fingerprint density at radius 2 is 1.92 bits per heavy atom. The van der Waals surface area contributed by atoms with Crippen LogP contribution in [-0.4, -0.2) is 21.7 Å². The third-order valence-corrected chi connectivity index (χ3v) is 5.52. The number of aromatic amines is 1. The molecule has 0 spiro atoms. The van der Waals surface area contributed by atoms with Crippen LogP contribution >= 0.6 is 11.6 Å². The number of H-pyrrole nitrogens is 1. The minimum atomic E-state index is 0.398. The van der Waals surface area contributed by atoms with E-state index in [-0.39, 0.29) is 0 Å². The van der Waals surface area contributed by atoms with Gasteiger partial charge in [0.2, 0.25) is 0 Å². The lowest BCUT2D eigenvalue weighted by Gasteiger charge is -2.28. The van der Waals surface area contributed by atoms with Crippen molar-refractivity contribution in [2.75, 3.05) is 11.4 Å². The molecule has 3 heterocycles. The Hall–Kier alpha value is -2.07. The van der Waals surface area contributed by atoms with E-state index in [1.807, 2.05) is 18.3 Å². The summed E-state index contributed by atoms with van der Waals surface area (Å²) in [5.74, 6) is 0.634. The van der Waals surface area contributed by atoms with E-state index in [0.29, 0.717) is 12.0 Å². The molecule has 5 rings (SSSR count). The fraction of sp³-hybridized carbons (Fsp3) is 0.368. The lowest BCUT2D eigenvalue weighted by Crippen LogP contribution is -2.22. The molecule has 0 radical (unpaired) electrons. The minimum Gasteiger partial charge on any atom is -0.364 e. The van der Waals surface area contributed by atoms with Gasteiger partial charge in [0.15, 0.2) is 5.65 Å². The van der Waals surface area contributed by atoms with E-state index in [0.717, 1.165) is 17.2 Å². The van der Waals surface area contributed by atoms with Gasteiger partial charge in [-0.15, -0.1) is 0 Å². The number of hydrogen-bond acceptors (Lipinski definition) is 3. The zero-order valence-electron chi connectivity index (χ0n) is 13.4. The van der Waals surface area contributed by atoms with Gasteiger partial charge in [-0.05, 0) is 49.4 Å². The van der Waals surface area contributed by atoms with Crippen LogP contribution in [0.2, 0.25) is 5.02 Å². The normalized spacial score (nSPS) is 20.9. The Morgan fingerprint density at radius 1 is 1.08 bits per heavy atom. The molecular weight excluding hydrogens is 320 g/mol. The smallest absolute Gasteiger partial charge is 0.183 e. The topological polar surface area (TPSA) is 44.8 Å². The summed E-state index contributed by atoms with van der Waals surface area (Å²) in [4.78, 5) is 6.99. The molecule has 1 atom stereocenters. The largest absolute Gasteiger partial charge is 0.364 e. The van der Waals surface area contributed by atoms with Crippen LogP contribution in [0.4, 0.5) is 5.69 Å². The van der Waals surface area contributed by atoms with Gasteiger partial charge in [-0.25, -0.2) is 4.98 Å². The zero-order valence-corrected chi connectivity index (χ0v) is 14.1. The van der Waals surface area contributed by atoms with Gasteiger partial charge < -0.3 is 4.90 Å². The SMILES string of the molecule is Clc1ccc(C2CCCN2c2ccnc3n[nH]c(C4CC4)c23)cc1. The predicted molar refractivity (Wildman–Crippen MR) is 96.6 cm³/mol. The van der Waals surface area contributed by atoms with Crippen molar-refractivity contribution in [3.8, 4) is 0 Å². The number of halogens is 1. The van der Waals surface area contributed by atoms with Crippen LogP contribution in [-0.2, 0) is 0 Å². The molecule has 24 heavy (non-hydrogen) atoms. The fourth-order valence-electron chi connectivity index (χ4n) is 3.95. The summed E-state index contributed by atoms with van der Waals surface area (Å²) >= 11 is 6.06. The van der Waals surface area contributed by atoms with Crippen LogP contribution < -0.4 is 4.90 Å². The molecule has 122 valence electrons. The van der Waals surface area contributed by atoms with Crippen molar-refractivity contribution in [1.82, 2.24) is 15.2 Å². The van der Waals surface area contributed by atoms with Crippen LogP contribution in [0, 0.1) is 0 Å². The van der Waals surface area contributed by atoms with Crippen molar-refractivity contribution in [2.45, 2.75) is 37.6 Å². The van der Waals surface area contributed by atoms with E-state index in [1.54, 1.807) is 0 Å². The van der Waals surface area contributed by atoms with Gasteiger partial charge >= 0.3 is 0 Å². The Labute approximate surface area is 145 Å². The third-order valence-electron chi connectivity index (χ3n) is 5.26. The standard InChI is InChI=1S/C19H19ClN4/c20-14-7-5-12(6-8-14)15-2-1-11-24(15)16-9-10-21-19-17(16)18(22-23-19)13-3-4-13/h5-10,13,15H,1-4,11H2,(H,21,22,23). The van der Waals surface area contributed by atoms with Crippen molar-refractivity contribution in [3.63, 3.8) is 0 Å². The van der Waals surface area contributed by atoms with Crippen LogP contribution in [0.3, 0.4) is 0 Å². The van der Waals surface area contributed by atoms with Crippen LogP contribution in [0.15, 0.2) is 36.5 Å². The first-order valence-electron chi connectivity index (χ1n) is 8.66. The summed E-state index contributed by atoms with van der Waals surface area (Å²) in [5, 5.41) is 9.70. The second-order valence-electron chi connectivity index (χ2n) is 6.84. The Kier molecular flexibility index (Phi) is 3.27. The maximum Gasteiger partial charge on any atom is 0.183 e. The summed E-state index contributed by atoms with van der Waals surface area (Å²) in [6, 6.07) is 10.8. The van der Waals surface area contributed by atoms with Crippen LogP contribution in [0.5, 0.6) is 0 Å². The van der Waals surface area contributed by atoms with E-state index in [1.165, 1.54) is 48.0 Å². The second-order valence-corrected chi connectivity index (χ2v) is 7.28. The summed E-state index contributed by atoms with van der Waals surface area (Å²) in [6.07, 6.45) is 6.76. The lowest BCUT2D eigenvalue weighted by molar-refractivity contribution is 0.720. The van der Waals surface area contributed by atoms with Gasteiger partial charge in [0.05, 0.1) is 17.1 Å². The molecule has 0 amide bonds. The average Bonchev–Trinajstić information content (AvgIpc) is 3.17. The van der Waals surface area contributed by atoms with E-state index in [4.69, 9.17) is 11.6 Å². The number of aromatic nitrogens is 3. The van der Waals surface area contributed by atoms with Gasteiger partial charge in [-0.3, -0.25) is 5.10 Å². The molecule has 1 aliphatic heterocycles. The number of anilines is 1. The Bertz CT molecular complexity index is 882. The summed E-state index contributed by atoms with van der Waals surface area (Å²) in [5.41, 5.74) is 4.72. The van der Waals surface area contributed by atoms with Gasteiger partial charge in [0, 0.05) is 29.4 Å². The average molecular weight is 339 g/mol. The molecule has 1 N–H and O–H groups in total. The molecule has 2 fully saturated rings. The number of rotatable bonds is 3. The van der Waals surface area contributed by atoms with Gasteiger partial charge in [-0.1, -0.05) is 23.7 Å². The molecule has 1 saturated carbocycles. The Morgan fingerprint density at radius 3 is 2.71 bits per heavy atom. The Balaban J connectivity index is 1.61. The highest BCUT2D eigenvalue weighted by Gasteiger charge is 2.32. The number of nitrogens with one attached hydrogen (secondary N) is 1. The molecule has 1 saturated heterocycles. The quantitative estimate of drug-likeness (QED) is 0.744. The summed E-state index contributed by atoms with van der Waals surface area (Å²) in [7, 11) is 0. The molecule has 1 aliphatic carbocycles. The van der Waals surface area contributed by atoms with E-state index >= 15 is 0 Å². The first-order chi connectivity index (χ1) is 11.8.